The molecule has 1 aliphatic rings. The third kappa shape index (κ3) is 4.98. The van der Waals surface area contributed by atoms with Crippen LogP contribution in [0.25, 0.3) is 0 Å². The summed E-state index contributed by atoms with van der Waals surface area (Å²) in [5.41, 5.74) is 0.882. The van der Waals surface area contributed by atoms with Crippen LogP contribution < -0.4 is 5.32 Å². The van der Waals surface area contributed by atoms with Gasteiger partial charge in [0.05, 0.1) is 12.7 Å². The molecule has 116 valence electrons. The van der Waals surface area contributed by atoms with E-state index in [0.717, 1.165) is 18.4 Å². The number of carbonyl (C=O) groups is 1. The van der Waals surface area contributed by atoms with E-state index in [9.17, 15) is 13.2 Å². The molecule has 1 saturated heterocycles. The molecule has 1 unspecified atom stereocenters. The first-order valence-corrected chi connectivity index (χ1v) is 9.06. The van der Waals surface area contributed by atoms with Crippen LogP contribution in [0.15, 0.2) is 24.3 Å². The number of carbonyl (C=O) groups excluding carboxylic acids is 1. The number of nitrogens with zero attached hydrogens (tertiary/aromatic N) is 1. The molecule has 5 nitrogen and oxygen atoms in total. The molecule has 0 saturated carbocycles. The summed E-state index contributed by atoms with van der Waals surface area (Å²) < 4.78 is 24.5. The lowest BCUT2D eigenvalue weighted by atomic mass is 10.1. The highest BCUT2D eigenvalue weighted by atomic mass is 35.5. The summed E-state index contributed by atoms with van der Waals surface area (Å²) in [4.78, 5) is 12.0. The number of rotatable bonds is 4. The lowest BCUT2D eigenvalue weighted by Crippen LogP contribution is -2.49. The number of hydrogen-bond donors (Lipinski definition) is 1. The molecule has 0 bridgehead atoms. The first-order chi connectivity index (χ1) is 9.84. The van der Waals surface area contributed by atoms with Crippen LogP contribution in [0.2, 0.25) is 5.02 Å². The monoisotopic (exact) mass is 330 g/mol. The fraction of sp³-hybridized carbons (Fsp3) is 0.500. The minimum absolute atomic E-state index is 0.0994. The van der Waals surface area contributed by atoms with E-state index in [2.05, 4.69) is 5.32 Å². The average molecular weight is 331 g/mol. The Morgan fingerprint density at radius 2 is 2.05 bits per heavy atom. The van der Waals surface area contributed by atoms with Crippen molar-refractivity contribution in [1.82, 2.24) is 9.62 Å². The molecule has 1 fully saturated rings. The predicted octanol–water partition coefficient (Wildman–Crippen LogP) is 1.42. The minimum Gasteiger partial charge on any atom is -0.352 e. The highest BCUT2D eigenvalue weighted by molar-refractivity contribution is 7.88. The fourth-order valence-electron chi connectivity index (χ4n) is 2.43. The van der Waals surface area contributed by atoms with Crippen molar-refractivity contribution in [3.05, 3.63) is 34.9 Å². The smallest absolute Gasteiger partial charge is 0.224 e. The van der Waals surface area contributed by atoms with Crippen LogP contribution in [0.5, 0.6) is 0 Å². The zero-order chi connectivity index (χ0) is 15.5. The normalized spacial score (nSPS) is 20.2. The molecular weight excluding hydrogens is 312 g/mol. The zero-order valence-electron chi connectivity index (χ0n) is 11.9. The van der Waals surface area contributed by atoms with Crippen molar-refractivity contribution in [2.24, 2.45) is 0 Å². The summed E-state index contributed by atoms with van der Waals surface area (Å²) in [6.07, 6.45) is 3.04. The van der Waals surface area contributed by atoms with Crippen LogP contribution >= 0.6 is 11.6 Å². The van der Waals surface area contributed by atoms with Gasteiger partial charge in [-0.2, -0.15) is 0 Å². The van der Waals surface area contributed by atoms with Gasteiger partial charge in [0.1, 0.15) is 0 Å². The molecule has 1 atom stereocenters. The fourth-order valence-corrected chi connectivity index (χ4v) is 3.47. The van der Waals surface area contributed by atoms with Crippen LogP contribution in [-0.4, -0.2) is 44.0 Å². The highest BCUT2D eigenvalue weighted by Crippen LogP contribution is 2.14. The second-order valence-corrected chi connectivity index (χ2v) is 7.75. The van der Waals surface area contributed by atoms with E-state index in [4.69, 9.17) is 11.6 Å². The summed E-state index contributed by atoms with van der Waals surface area (Å²) in [5, 5.41) is 3.54. The maximum Gasteiger partial charge on any atom is 0.224 e. The zero-order valence-corrected chi connectivity index (χ0v) is 13.5. The molecule has 1 heterocycles. The van der Waals surface area contributed by atoms with E-state index in [1.54, 1.807) is 12.1 Å². The molecule has 0 radical (unpaired) electrons. The van der Waals surface area contributed by atoms with E-state index in [1.807, 2.05) is 12.1 Å². The van der Waals surface area contributed by atoms with E-state index < -0.39 is 10.0 Å². The van der Waals surface area contributed by atoms with Gasteiger partial charge in [0.15, 0.2) is 0 Å². The number of benzene rings is 1. The van der Waals surface area contributed by atoms with Crippen molar-refractivity contribution in [3.63, 3.8) is 0 Å². The summed E-state index contributed by atoms with van der Waals surface area (Å²) in [5.74, 6) is -0.0994. The van der Waals surface area contributed by atoms with E-state index in [0.29, 0.717) is 18.1 Å². The quantitative estimate of drug-likeness (QED) is 0.908. The number of sulfonamides is 1. The van der Waals surface area contributed by atoms with E-state index >= 15 is 0 Å². The van der Waals surface area contributed by atoms with Crippen molar-refractivity contribution in [1.29, 1.82) is 0 Å². The summed E-state index contributed by atoms with van der Waals surface area (Å²) in [6.45, 7) is 0.883. The Kier molecular flexibility index (Phi) is 5.24. The van der Waals surface area contributed by atoms with Crippen molar-refractivity contribution in [2.75, 3.05) is 19.3 Å². The minimum atomic E-state index is -3.19. The number of amides is 1. The molecule has 0 spiro atoms. The second-order valence-electron chi connectivity index (χ2n) is 5.33. The summed E-state index contributed by atoms with van der Waals surface area (Å²) >= 11 is 5.80. The number of nitrogens with one attached hydrogen (secondary N) is 1. The van der Waals surface area contributed by atoms with Gasteiger partial charge in [-0.25, -0.2) is 12.7 Å². The van der Waals surface area contributed by atoms with Gasteiger partial charge in [0.2, 0.25) is 15.9 Å². The molecule has 2 rings (SSSR count). The van der Waals surface area contributed by atoms with Gasteiger partial charge < -0.3 is 5.32 Å². The maximum atomic E-state index is 12.0. The molecule has 0 aliphatic carbocycles. The van der Waals surface area contributed by atoms with Gasteiger partial charge in [-0.05, 0) is 30.5 Å². The first kappa shape index (κ1) is 16.3. The molecule has 0 aromatic heterocycles. The molecule has 7 heteroatoms. The second kappa shape index (κ2) is 6.77. The standard InChI is InChI=1S/C14H19ClN2O3S/c1-21(19,20)17-8-2-3-13(10-17)16-14(18)9-11-4-6-12(15)7-5-11/h4-7,13H,2-3,8-10H2,1H3,(H,16,18). The Bertz CT molecular complexity index is 601. The van der Waals surface area contributed by atoms with Crippen molar-refractivity contribution in [3.8, 4) is 0 Å². The van der Waals surface area contributed by atoms with Crippen molar-refractivity contribution < 1.29 is 13.2 Å². The summed E-state index contributed by atoms with van der Waals surface area (Å²) in [7, 11) is -3.19. The van der Waals surface area contributed by atoms with E-state index in [1.165, 1.54) is 10.6 Å². The third-order valence-corrected chi connectivity index (χ3v) is 5.02. The maximum absolute atomic E-state index is 12.0. The lowest BCUT2D eigenvalue weighted by Gasteiger charge is -2.31. The molecule has 1 aromatic carbocycles. The van der Waals surface area contributed by atoms with Gasteiger partial charge in [0, 0.05) is 24.2 Å². The van der Waals surface area contributed by atoms with Crippen molar-refractivity contribution in [2.45, 2.75) is 25.3 Å². The Balaban J connectivity index is 1.89. The Morgan fingerprint density at radius 1 is 1.38 bits per heavy atom. The van der Waals surface area contributed by atoms with Crippen LogP contribution in [0.1, 0.15) is 18.4 Å². The average Bonchev–Trinajstić information content (AvgIpc) is 2.41. The lowest BCUT2D eigenvalue weighted by molar-refractivity contribution is -0.121. The topological polar surface area (TPSA) is 66.5 Å². The molecular formula is C14H19ClN2O3S. The van der Waals surface area contributed by atoms with Crippen LogP contribution in [0.4, 0.5) is 0 Å². The van der Waals surface area contributed by atoms with E-state index in [-0.39, 0.29) is 18.4 Å². The number of piperidine rings is 1. The Labute approximate surface area is 130 Å². The Hall–Kier alpha value is -1.11. The molecule has 1 amide bonds. The first-order valence-electron chi connectivity index (χ1n) is 6.83. The van der Waals surface area contributed by atoms with Gasteiger partial charge in [-0.15, -0.1) is 0 Å². The molecule has 1 N–H and O–H groups in total. The summed E-state index contributed by atoms with van der Waals surface area (Å²) in [6, 6.07) is 7.00. The van der Waals surface area contributed by atoms with Gasteiger partial charge in [-0.1, -0.05) is 23.7 Å². The molecule has 1 aliphatic heterocycles. The Morgan fingerprint density at radius 3 is 2.67 bits per heavy atom. The van der Waals surface area contributed by atoms with Gasteiger partial charge in [0.25, 0.3) is 0 Å². The molecule has 1 aromatic rings. The highest BCUT2D eigenvalue weighted by Gasteiger charge is 2.26. The van der Waals surface area contributed by atoms with Crippen molar-refractivity contribution >= 4 is 27.5 Å². The molecule has 21 heavy (non-hydrogen) atoms. The van der Waals surface area contributed by atoms with Crippen LogP contribution in [0, 0.1) is 0 Å². The van der Waals surface area contributed by atoms with Gasteiger partial charge in [-0.3, -0.25) is 4.79 Å². The van der Waals surface area contributed by atoms with Crippen LogP contribution in [0.3, 0.4) is 0 Å². The van der Waals surface area contributed by atoms with Gasteiger partial charge >= 0.3 is 0 Å². The SMILES string of the molecule is CS(=O)(=O)N1CCCC(NC(=O)Cc2ccc(Cl)cc2)C1. The van der Waals surface area contributed by atoms with Crippen LogP contribution in [-0.2, 0) is 21.2 Å². The predicted molar refractivity (Wildman–Crippen MR) is 82.7 cm³/mol. The number of hydrogen-bond acceptors (Lipinski definition) is 3. The largest absolute Gasteiger partial charge is 0.352 e. The number of halogens is 1. The third-order valence-electron chi connectivity index (χ3n) is 3.50.